The fraction of sp³-hybridized carbons (Fsp3) is 0.786. The van der Waals surface area contributed by atoms with Crippen LogP contribution in [0.4, 0.5) is 0 Å². The third-order valence-electron chi connectivity index (χ3n) is 4.54. The Balaban J connectivity index is 1.80. The lowest BCUT2D eigenvalue weighted by Gasteiger charge is -2.23. The number of hydrogen-bond donors (Lipinski definition) is 1. The molecule has 17 heavy (non-hydrogen) atoms. The normalized spacial score (nSPS) is 23.4. The molecule has 0 radical (unpaired) electrons. The molecule has 1 aromatic rings. The van der Waals surface area contributed by atoms with Gasteiger partial charge in [-0.3, -0.25) is 0 Å². The van der Waals surface area contributed by atoms with E-state index in [-0.39, 0.29) is 0 Å². The SMILES string of the molecule is Cn1c(C2CCCC2)cnc1C1CCNCC1. The maximum Gasteiger partial charge on any atom is 0.111 e. The van der Waals surface area contributed by atoms with Crippen LogP contribution in [0.25, 0.3) is 0 Å². The van der Waals surface area contributed by atoms with Gasteiger partial charge in [-0.05, 0) is 38.8 Å². The highest BCUT2D eigenvalue weighted by molar-refractivity contribution is 5.15. The predicted octanol–water partition coefficient (Wildman–Crippen LogP) is 2.54. The number of rotatable bonds is 2. The second kappa shape index (κ2) is 4.81. The second-order valence-corrected chi connectivity index (χ2v) is 5.61. The standard InChI is InChI=1S/C14H23N3/c1-17-13(11-4-2-3-5-11)10-16-14(17)12-6-8-15-9-7-12/h10-12,15H,2-9H2,1H3. The molecule has 2 heterocycles. The summed E-state index contributed by atoms with van der Waals surface area (Å²) in [5.74, 6) is 2.78. The van der Waals surface area contributed by atoms with Crippen molar-refractivity contribution in [1.82, 2.24) is 14.9 Å². The van der Waals surface area contributed by atoms with E-state index in [0.717, 1.165) is 19.0 Å². The first kappa shape index (κ1) is 11.3. The minimum absolute atomic E-state index is 0.677. The van der Waals surface area contributed by atoms with Crippen molar-refractivity contribution >= 4 is 0 Å². The highest BCUT2D eigenvalue weighted by Gasteiger charge is 2.25. The van der Waals surface area contributed by atoms with Crippen LogP contribution in [0.3, 0.4) is 0 Å². The van der Waals surface area contributed by atoms with E-state index < -0.39 is 0 Å². The van der Waals surface area contributed by atoms with Gasteiger partial charge >= 0.3 is 0 Å². The van der Waals surface area contributed by atoms with Crippen LogP contribution in [0.1, 0.15) is 61.9 Å². The molecule has 0 unspecified atom stereocenters. The molecule has 1 aliphatic carbocycles. The van der Waals surface area contributed by atoms with Gasteiger partial charge in [0.15, 0.2) is 0 Å². The van der Waals surface area contributed by atoms with Crippen LogP contribution in [-0.2, 0) is 7.05 Å². The fourth-order valence-electron chi connectivity index (χ4n) is 3.50. The highest BCUT2D eigenvalue weighted by Crippen LogP contribution is 2.35. The lowest BCUT2D eigenvalue weighted by Crippen LogP contribution is -2.28. The zero-order chi connectivity index (χ0) is 11.7. The first-order chi connectivity index (χ1) is 8.36. The zero-order valence-corrected chi connectivity index (χ0v) is 10.8. The molecule has 3 nitrogen and oxygen atoms in total. The van der Waals surface area contributed by atoms with Crippen LogP contribution < -0.4 is 5.32 Å². The Morgan fingerprint density at radius 2 is 1.82 bits per heavy atom. The molecule has 0 aromatic carbocycles. The molecule has 1 aliphatic heterocycles. The molecule has 0 spiro atoms. The van der Waals surface area contributed by atoms with Gasteiger partial charge in [0.05, 0.1) is 0 Å². The molecule has 1 saturated heterocycles. The molecule has 0 bridgehead atoms. The Morgan fingerprint density at radius 3 is 2.53 bits per heavy atom. The number of piperidine rings is 1. The molecular weight excluding hydrogens is 210 g/mol. The molecule has 2 aliphatic rings. The molecule has 0 atom stereocenters. The Kier molecular flexibility index (Phi) is 3.19. The fourth-order valence-corrected chi connectivity index (χ4v) is 3.50. The van der Waals surface area contributed by atoms with Gasteiger partial charge in [-0.1, -0.05) is 12.8 Å². The molecule has 2 fully saturated rings. The summed E-state index contributed by atoms with van der Waals surface area (Å²) in [6.45, 7) is 2.30. The average Bonchev–Trinajstić information content (AvgIpc) is 2.99. The van der Waals surface area contributed by atoms with Gasteiger partial charge in [0.1, 0.15) is 5.82 Å². The van der Waals surface area contributed by atoms with E-state index in [0.29, 0.717) is 5.92 Å². The zero-order valence-electron chi connectivity index (χ0n) is 10.8. The highest BCUT2D eigenvalue weighted by atomic mass is 15.1. The molecule has 3 heteroatoms. The van der Waals surface area contributed by atoms with Crippen molar-refractivity contribution in [3.05, 3.63) is 17.7 Å². The van der Waals surface area contributed by atoms with E-state index in [9.17, 15) is 0 Å². The van der Waals surface area contributed by atoms with Crippen molar-refractivity contribution in [2.24, 2.45) is 7.05 Å². The molecule has 1 saturated carbocycles. The Hall–Kier alpha value is -0.830. The second-order valence-electron chi connectivity index (χ2n) is 5.61. The Morgan fingerprint density at radius 1 is 1.12 bits per heavy atom. The van der Waals surface area contributed by atoms with Crippen molar-refractivity contribution in [2.45, 2.75) is 50.4 Å². The maximum absolute atomic E-state index is 4.72. The van der Waals surface area contributed by atoms with Gasteiger partial charge in [0, 0.05) is 30.8 Å². The Bertz CT molecular complexity index is 371. The van der Waals surface area contributed by atoms with Crippen LogP contribution in [-0.4, -0.2) is 22.6 Å². The van der Waals surface area contributed by atoms with Crippen LogP contribution >= 0.6 is 0 Å². The number of nitrogens with zero attached hydrogens (tertiary/aromatic N) is 2. The summed E-state index contributed by atoms with van der Waals surface area (Å²) < 4.78 is 2.39. The topological polar surface area (TPSA) is 29.9 Å². The molecular formula is C14H23N3. The van der Waals surface area contributed by atoms with Crippen molar-refractivity contribution in [2.75, 3.05) is 13.1 Å². The monoisotopic (exact) mass is 233 g/mol. The van der Waals surface area contributed by atoms with Gasteiger partial charge in [0.2, 0.25) is 0 Å². The summed E-state index contributed by atoms with van der Waals surface area (Å²) in [4.78, 5) is 4.72. The van der Waals surface area contributed by atoms with Gasteiger partial charge in [0.25, 0.3) is 0 Å². The number of aromatic nitrogens is 2. The number of imidazole rings is 1. The quantitative estimate of drug-likeness (QED) is 0.850. The van der Waals surface area contributed by atoms with E-state index in [1.165, 1.54) is 50.0 Å². The molecule has 94 valence electrons. The molecule has 1 N–H and O–H groups in total. The van der Waals surface area contributed by atoms with Crippen LogP contribution in [0.5, 0.6) is 0 Å². The van der Waals surface area contributed by atoms with Crippen LogP contribution in [0.15, 0.2) is 6.20 Å². The first-order valence-corrected chi connectivity index (χ1v) is 7.08. The molecule has 1 aromatic heterocycles. The van der Waals surface area contributed by atoms with E-state index >= 15 is 0 Å². The molecule has 0 amide bonds. The van der Waals surface area contributed by atoms with Gasteiger partial charge in [-0.25, -0.2) is 4.98 Å². The summed E-state index contributed by atoms with van der Waals surface area (Å²) in [5.41, 5.74) is 1.48. The summed E-state index contributed by atoms with van der Waals surface area (Å²) in [5, 5.41) is 3.43. The van der Waals surface area contributed by atoms with E-state index in [1.807, 2.05) is 0 Å². The predicted molar refractivity (Wildman–Crippen MR) is 69.3 cm³/mol. The van der Waals surface area contributed by atoms with Gasteiger partial charge in [-0.2, -0.15) is 0 Å². The Labute approximate surface area is 104 Å². The van der Waals surface area contributed by atoms with Crippen molar-refractivity contribution in [1.29, 1.82) is 0 Å². The minimum Gasteiger partial charge on any atom is -0.335 e. The smallest absolute Gasteiger partial charge is 0.111 e. The minimum atomic E-state index is 0.677. The van der Waals surface area contributed by atoms with Crippen molar-refractivity contribution < 1.29 is 0 Å². The summed E-state index contributed by atoms with van der Waals surface area (Å²) in [6, 6.07) is 0. The van der Waals surface area contributed by atoms with Crippen molar-refractivity contribution in [3.8, 4) is 0 Å². The summed E-state index contributed by atoms with van der Waals surface area (Å²) in [6.07, 6.45) is 10.2. The first-order valence-electron chi connectivity index (χ1n) is 7.08. The van der Waals surface area contributed by atoms with Gasteiger partial charge < -0.3 is 9.88 Å². The largest absolute Gasteiger partial charge is 0.335 e. The van der Waals surface area contributed by atoms with Crippen LogP contribution in [0.2, 0.25) is 0 Å². The lowest BCUT2D eigenvalue weighted by atomic mass is 9.97. The van der Waals surface area contributed by atoms with E-state index in [4.69, 9.17) is 4.98 Å². The van der Waals surface area contributed by atoms with Crippen molar-refractivity contribution in [3.63, 3.8) is 0 Å². The van der Waals surface area contributed by atoms with Crippen LogP contribution in [0, 0.1) is 0 Å². The average molecular weight is 233 g/mol. The van der Waals surface area contributed by atoms with E-state index in [2.05, 4.69) is 23.1 Å². The summed E-state index contributed by atoms with van der Waals surface area (Å²) in [7, 11) is 2.22. The number of nitrogens with one attached hydrogen (secondary N) is 1. The summed E-state index contributed by atoms with van der Waals surface area (Å²) >= 11 is 0. The number of hydrogen-bond acceptors (Lipinski definition) is 2. The third kappa shape index (κ3) is 2.13. The third-order valence-corrected chi connectivity index (χ3v) is 4.54. The van der Waals surface area contributed by atoms with E-state index in [1.54, 1.807) is 0 Å². The molecule has 3 rings (SSSR count). The maximum atomic E-state index is 4.72. The van der Waals surface area contributed by atoms with Gasteiger partial charge in [-0.15, -0.1) is 0 Å². The lowest BCUT2D eigenvalue weighted by molar-refractivity contribution is 0.434.